The van der Waals surface area contributed by atoms with Crippen LogP contribution in [-0.2, 0) is 18.4 Å². The fourth-order valence-electron chi connectivity index (χ4n) is 2.92. The molecule has 1 nitrogen and oxygen atoms in total. The van der Waals surface area contributed by atoms with Gasteiger partial charge in [0, 0.05) is 0 Å². The van der Waals surface area contributed by atoms with Crippen molar-refractivity contribution in [2.24, 2.45) is 0 Å². The topological polar surface area (TPSA) is 20.2 Å². The molecule has 0 saturated carbocycles. The van der Waals surface area contributed by atoms with Gasteiger partial charge in [0.05, 0.1) is 5.60 Å². The zero-order valence-electron chi connectivity index (χ0n) is 10.5. The highest BCUT2D eigenvalue weighted by Gasteiger charge is 2.35. The van der Waals surface area contributed by atoms with Gasteiger partial charge in [0.2, 0.25) is 0 Å². The molecule has 3 rings (SSSR count). The van der Waals surface area contributed by atoms with Crippen LogP contribution >= 0.6 is 0 Å². The minimum absolute atomic E-state index is 0.619. The molecule has 0 fully saturated rings. The maximum absolute atomic E-state index is 10.8. The van der Waals surface area contributed by atoms with Crippen LogP contribution in [0.4, 0.5) is 0 Å². The summed E-state index contributed by atoms with van der Waals surface area (Å²) < 4.78 is 0. The number of benzene rings is 2. The Hall–Kier alpha value is -1.60. The average molecular weight is 238 g/mol. The molecule has 1 N–H and O–H groups in total. The van der Waals surface area contributed by atoms with E-state index in [4.69, 9.17) is 0 Å². The van der Waals surface area contributed by atoms with Crippen LogP contribution in [-0.4, -0.2) is 5.11 Å². The number of aliphatic hydroxyl groups is 1. The molecule has 92 valence electrons. The van der Waals surface area contributed by atoms with Crippen molar-refractivity contribution in [1.82, 2.24) is 0 Å². The Morgan fingerprint density at radius 1 is 0.944 bits per heavy atom. The van der Waals surface area contributed by atoms with Crippen LogP contribution in [0.5, 0.6) is 0 Å². The van der Waals surface area contributed by atoms with E-state index in [-0.39, 0.29) is 0 Å². The number of hydrogen-bond acceptors (Lipinski definition) is 1. The summed E-state index contributed by atoms with van der Waals surface area (Å²) in [6.45, 7) is 0. The van der Waals surface area contributed by atoms with Crippen molar-refractivity contribution in [3.05, 3.63) is 71.3 Å². The van der Waals surface area contributed by atoms with E-state index in [0.717, 1.165) is 31.2 Å². The lowest BCUT2D eigenvalue weighted by Gasteiger charge is -2.24. The highest BCUT2D eigenvalue weighted by atomic mass is 16.3. The molecule has 0 bridgehead atoms. The predicted molar refractivity (Wildman–Crippen MR) is 73.4 cm³/mol. The second-order valence-electron chi connectivity index (χ2n) is 5.17. The van der Waals surface area contributed by atoms with Gasteiger partial charge in [-0.3, -0.25) is 0 Å². The molecule has 1 heteroatoms. The summed E-state index contributed by atoms with van der Waals surface area (Å²) in [5.74, 6) is 0. The second kappa shape index (κ2) is 4.58. The van der Waals surface area contributed by atoms with Crippen molar-refractivity contribution in [3.8, 4) is 0 Å². The van der Waals surface area contributed by atoms with E-state index in [1.54, 1.807) is 0 Å². The SMILES string of the molecule is OC1(CCc2ccccc2)CCc2ccccc21. The Kier molecular flexibility index (Phi) is 2.92. The first-order valence-electron chi connectivity index (χ1n) is 6.63. The minimum Gasteiger partial charge on any atom is -0.385 e. The second-order valence-corrected chi connectivity index (χ2v) is 5.17. The monoisotopic (exact) mass is 238 g/mol. The van der Waals surface area contributed by atoms with Gasteiger partial charge in [0.15, 0.2) is 0 Å². The Morgan fingerprint density at radius 3 is 2.50 bits per heavy atom. The van der Waals surface area contributed by atoms with Crippen LogP contribution in [0.3, 0.4) is 0 Å². The van der Waals surface area contributed by atoms with Crippen molar-refractivity contribution < 1.29 is 5.11 Å². The maximum atomic E-state index is 10.8. The summed E-state index contributed by atoms with van der Waals surface area (Å²) in [5.41, 5.74) is 3.14. The van der Waals surface area contributed by atoms with E-state index in [9.17, 15) is 5.11 Å². The van der Waals surface area contributed by atoms with Crippen LogP contribution in [0, 0.1) is 0 Å². The molecule has 18 heavy (non-hydrogen) atoms. The summed E-state index contributed by atoms with van der Waals surface area (Å²) in [5, 5.41) is 10.8. The van der Waals surface area contributed by atoms with Gasteiger partial charge in [-0.15, -0.1) is 0 Å². The molecule has 0 radical (unpaired) electrons. The molecule has 1 unspecified atom stereocenters. The van der Waals surface area contributed by atoms with Crippen LogP contribution in [0.25, 0.3) is 0 Å². The first-order chi connectivity index (χ1) is 8.78. The summed E-state index contributed by atoms with van der Waals surface area (Å²) in [4.78, 5) is 0. The smallest absolute Gasteiger partial charge is 0.0905 e. The molecule has 0 heterocycles. The van der Waals surface area contributed by atoms with Gasteiger partial charge in [0.1, 0.15) is 0 Å². The van der Waals surface area contributed by atoms with E-state index >= 15 is 0 Å². The average Bonchev–Trinajstić information content (AvgIpc) is 2.77. The van der Waals surface area contributed by atoms with Crippen molar-refractivity contribution in [1.29, 1.82) is 0 Å². The quantitative estimate of drug-likeness (QED) is 0.868. The van der Waals surface area contributed by atoms with Crippen LogP contribution in [0.15, 0.2) is 54.6 Å². The highest BCUT2D eigenvalue weighted by molar-refractivity contribution is 5.37. The Bertz CT molecular complexity index is 532. The van der Waals surface area contributed by atoms with E-state index in [1.807, 2.05) is 12.1 Å². The third-order valence-corrected chi connectivity index (χ3v) is 4.00. The van der Waals surface area contributed by atoms with Gasteiger partial charge >= 0.3 is 0 Å². The first-order valence-corrected chi connectivity index (χ1v) is 6.63. The molecule has 2 aromatic carbocycles. The molecule has 1 atom stereocenters. The molecule has 0 aliphatic heterocycles. The van der Waals surface area contributed by atoms with E-state index in [0.29, 0.717) is 0 Å². The van der Waals surface area contributed by atoms with Crippen molar-refractivity contribution >= 4 is 0 Å². The molecule has 1 aliphatic carbocycles. The number of rotatable bonds is 3. The first kappa shape index (κ1) is 11.5. The molecule has 0 amide bonds. The Balaban J connectivity index is 1.77. The largest absolute Gasteiger partial charge is 0.385 e. The Labute approximate surface area is 108 Å². The van der Waals surface area contributed by atoms with E-state index in [2.05, 4.69) is 42.5 Å². The van der Waals surface area contributed by atoms with Gasteiger partial charge < -0.3 is 5.11 Å². The fraction of sp³-hybridized carbons (Fsp3) is 0.294. The van der Waals surface area contributed by atoms with Gasteiger partial charge in [0.25, 0.3) is 0 Å². The number of aryl methyl sites for hydroxylation is 2. The summed E-state index contributed by atoms with van der Waals surface area (Å²) in [6, 6.07) is 18.7. The number of hydrogen-bond donors (Lipinski definition) is 1. The molecule has 1 aliphatic rings. The molecular weight excluding hydrogens is 220 g/mol. The molecule has 0 saturated heterocycles. The molecule has 0 aromatic heterocycles. The standard InChI is InChI=1S/C17H18O/c18-17(12-10-14-6-2-1-3-7-14)13-11-15-8-4-5-9-16(15)17/h1-9,18H,10-13H2. The lowest BCUT2D eigenvalue weighted by Crippen LogP contribution is -2.23. The highest BCUT2D eigenvalue weighted by Crippen LogP contribution is 2.39. The third kappa shape index (κ3) is 2.06. The predicted octanol–water partition coefficient (Wildman–Crippen LogP) is 3.45. The van der Waals surface area contributed by atoms with Crippen molar-refractivity contribution in [3.63, 3.8) is 0 Å². The molecule has 2 aromatic rings. The molecule has 0 spiro atoms. The van der Waals surface area contributed by atoms with Gasteiger partial charge in [-0.2, -0.15) is 0 Å². The van der Waals surface area contributed by atoms with E-state index < -0.39 is 5.60 Å². The zero-order chi connectivity index (χ0) is 12.4. The Morgan fingerprint density at radius 2 is 1.67 bits per heavy atom. The molecular formula is C17H18O. The van der Waals surface area contributed by atoms with Crippen molar-refractivity contribution in [2.45, 2.75) is 31.3 Å². The van der Waals surface area contributed by atoms with Crippen LogP contribution in [0.2, 0.25) is 0 Å². The van der Waals surface area contributed by atoms with Gasteiger partial charge in [-0.25, -0.2) is 0 Å². The summed E-state index contributed by atoms with van der Waals surface area (Å²) in [7, 11) is 0. The van der Waals surface area contributed by atoms with E-state index in [1.165, 1.54) is 11.1 Å². The lowest BCUT2D eigenvalue weighted by molar-refractivity contribution is 0.0297. The minimum atomic E-state index is -0.619. The zero-order valence-corrected chi connectivity index (χ0v) is 10.5. The van der Waals surface area contributed by atoms with Gasteiger partial charge in [-0.05, 0) is 42.4 Å². The van der Waals surface area contributed by atoms with Crippen LogP contribution < -0.4 is 0 Å². The maximum Gasteiger partial charge on any atom is 0.0905 e. The summed E-state index contributed by atoms with van der Waals surface area (Å²) in [6.07, 6.45) is 3.61. The normalized spacial score (nSPS) is 21.8. The lowest BCUT2D eigenvalue weighted by atomic mass is 9.89. The van der Waals surface area contributed by atoms with Crippen LogP contribution in [0.1, 0.15) is 29.5 Å². The fourth-order valence-corrected chi connectivity index (χ4v) is 2.92. The third-order valence-electron chi connectivity index (χ3n) is 4.00. The van der Waals surface area contributed by atoms with Gasteiger partial charge in [-0.1, -0.05) is 54.6 Å². The number of fused-ring (bicyclic) bond motifs is 1. The summed E-state index contributed by atoms with van der Waals surface area (Å²) >= 11 is 0. The van der Waals surface area contributed by atoms with Crippen molar-refractivity contribution in [2.75, 3.05) is 0 Å².